The number of nitriles is 1. The zero-order chi connectivity index (χ0) is 22.8. The van der Waals surface area contributed by atoms with Gasteiger partial charge in [0.1, 0.15) is 5.54 Å². The number of benzene rings is 2. The lowest BCUT2D eigenvalue weighted by molar-refractivity contribution is -0.128. The number of anilines is 2. The van der Waals surface area contributed by atoms with Crippen LogP contribution in [0, 0.1) is 11.3 Å². The lowest BCUT2D eigenvalue weighted by Crippen LogP contribution is -2.62. The van der Waals surface area contributed by atoms with Gasteiger partial charge in [-0.2, -0.15) is 5.26 Å². The first-order chi connectivity index (χ1) is 16.1. The van der Waals surface area contributed by atoms with Crippen LogP contribution in [-0.4, -0.2) is 59.9 Å². The summed E-state index contributed by atoms with van der Waals surface area (Å²) in [5.74, 6) is -0.0287. The number of amides is 2. The maximum absolute atomic E-state index is 13.6. The number of hydrogen-bond acceptors (Lipinski definition) is 5. The van der Waals surface area contributed by atoms with E-state index in [4.69, 9.17) is 5.26 Å². The Morgan fingerprint density at radius 1 is 0.970 bits per heavy atom. The van der Waals surface area contributed by atoms with Crippen molar-refractivity contribution < 1.29 is 9.59 Å². The molecule has 1 N–H and O–H groups in total. The van der Waals surface area contributed by atoms with Gasteiger partial charge in [0, 0.05) is 32.7 Å². The molecular weight excluding hydrogens is 414 g/mol. The van der Waals surface area contributed by atoms with Crippen LogP contribution in [0.4, 0.5) is 11.4 Å². The predicted octanol–water partition coefficient (Wildman–Crippen LogP) is 2.97. The maximum Gasteiger partial charge on any atom is 0.250 e. The summed E-state index contributed by atoms with van der Waals surface area (Å²) >= 11 is 0. The van der Waals surface area contributed by atoms with Gasteiger partial charge in [-0.3, -0.25) is 24.3 Å². The third-order valence-electron chi connectivity index (χ3n) is 7.24. The zero-order valence-corrected chi connectivity index (χ0v) is 18.8. The maximum atomic E-state index is 13.6. The lowest BCUT2D eigenvalue weighted by Gasteiger charge is -2.45. The van der Waals surface area contributed by atoms with E-state index in [1.165, 1.54) is 5.56 Å². The molecule has 1 saturated heterocycles. The van der Waals surface area contributed by atoms with Gasteiger partial charge in [-0.25, -0.2) is 0 Å². The monoisotopic (exact) mass is 443 g/mol. The van der Waals surface area contributed by atoms with E-state index in [9.17, 15) is 9.59 Å². The van der Waals surface area contributed by atoms with Gasteiger partial charge in [0.15, 0.2) is 0 Å². The molecule has 0 atom stereocenters. The number of nitrogens with zero attached hydrogens (tertiary/aromatic N) is 4. The standard InChI is InChI=1S/C26H29N5O2/c27-17-20-7-9-21(10-8-20)18-29-13-15-30(16-14-29)19-24(32)31-23-6-2-1-5-22(23)28-25(33)26(31)11-3-4-12-26/h1-2,5-10H,3-4,11-16,18-19H2,(H,28,33). The molecule has 33 heavy (non-hydrogen) atoms. The Morgan fingerprint density at radius 2 is 1.64 bits per heavy atom. The van der Waals surface area contributed by atoms with Crippen molar-refractivity contribution in [3.63, 3.8) is 0 Å². The van der Waals surface area contributed by atoms with Gasteiger partial charge in [0.05, 0.1) is 29.6 Å². The summed E-state index contributed by atoms with van der Waals surface area (Å²) in [7, 11) is 0. The molecular formula is C26H29N5O2. The van der Waals surface area contributed by atoms with Crippen LogP contribution in [0.1, 0.15) is 36.8 Å². The minimum Gasteiger partial charge on any atom is -0.322 e. The predicted molar refractivity (Wildman–Crippen MR) is 127 cm³/mol. The molecule has 1 saturated carbocycles. The highest BCUT2D eigenvalue weighted by atomic mass is 16.2. The van der Waals surface area contributed by atoms with Crippen LogP contribution < -0.4 is 10.2 Å². The normalized spacial score (nSPS) is 20.3. The van der Waals surface area contributed by atoms with Crippen molar-refractivity contribution in [2.45, 2.75) is 37.8 Å². The van der Waals surface area contributed by atoms with E-state index in [1.807, 2.05) is 53.4 Å². The summed E-state index contributed by atoms with van der Waals surface area (Å²) in [5, 5.41) is 12.0. The minimum atomic E-state index is -0.747. The third-order valence-corrected chi connectivity index (χ3v) is 7.24. The van der Waals surface area contributed by atoms with Crippen LogP contribution in [0.5, 0.6) is 0 Å². The number of rotatable bonds is 4. The average molecular weight is 444 g/mol. The van der Waals surface area contributed by atoms with Gasteiger partial charge in [-0.05, 0) is 42.7 Å². The number of carbonyl (C=O) groups excluding carboxylic acids is 2. The number of fused-ring (bicyclic) bond motifs is 1. The lowest BCUT2D eigenvalue weighted by atomic mass is 9.89. The molecule has 2 aromatic carbocycles. The van der Waals surface area contributed by atoms with Crippen molar-refractivity contribution in [3.05, 3.63) is 59.7 Å². The van der Waals surface area contributed by atoms with E-state index in [0.717, 1.165) is 69.8 Å². The Labute approximate surface area is 194 Å². The van der Waals surface area contributed by atoms with E-state index in [2.05, 4.69) is 21.2 Å². The van der Waals surface area contributed by atoms with Crippen molar-refractivity contribution in [3.8, 4) is 6.07 Å². The molecule has 2 aromatic rings. The van der Waals surface area contributed by atoms with Crippen molar-refractivity contribution in [1.82, 2.24) is 9.80 Å². The van der Waals surface area contributed by atoms with E-state index in [-0.39, 0.29) is 11.8 Å². The molecule has 1 spiro atoms. The highest BCUT2D eigenvalue weighted by Crippen LogP contribution is 2.45. The van der Waals surface area contributed by atoms with Crippen molar-refractivity contribution in [2.75, 3.05) is 42.9 Å². The second-order valence-corrected chi connectivity index (χ2v) is 9.30. The van der Waals surface area contributed by atoms with Crippen molar-refractivity contribution >= 4 is 23.2 Å². The molecule has 0 radical (unpaired) electrons. The Bertz CT molecular complexity index is 1080. The van der Waals surface area contributed by atoms with Gasteiger partial charge in [0.2, 0.25) is 5.91 Å². The smallest absolute Gasteiger partial charge is 0.250 e. The minimum absolute atomic E-state index is 0.0137. The molecule has 2 aliphatic heterocycles. The molecule has 5 rings (SSSR count). The van der Waals surface area contributed by atoms with Crippen LogP contribution in [0.2, 0.25) is 0 Å². The fourth-order valence-electron chi connectivity index (χ4n) is 5.44. The largest absolute Gasteiger partial charge is 0.322 e. The number of nitrogens with one attached hydrogen (secondary N) is 1. The fourth-order valence-corrected chi connectivity index (χ4v) is 5.44. The summed E-state index contributed by atoms with van der Waals surface area (Å²) < 4.78 is 0. The topological polar surface area (TPSA) is 79.7 Å². The van der Waals surface area contributed by atoms with Crippen molar-refractivity contribution in [1.29, 1.82) is 5.26 Å². The van der Waals surface area contributed by atoms with E-state index in [0.29, 0.717) is 12.1 Å². The van der Waals surface area contributed by atoms with E-state index in [1.54, 1.807) is 0 Å². The summed E-state index contributed by atoms with van der Waals surface area (Å²) in [5.41, 5.74) is 2.67. The molecule has 2 heterocycles. The van der Waals surface area contributed by atoms with Gasteiger partial charge in [0.25, 0.3) is 5.91 Å². The van der Waals surface area contributed by atoms with Crippen LogP contribution in [0.3, 0.4) is 0 Å². The van der Waals surface area contributed by atoms with Crippen LogP contribution >= 0.6 is 0 Å². The highest BCUT2D eigenvalue weighted by Gasteiger charge is 2.52. The summed E-state index contributed by atoms with van der Waals surface area (Å²) in [6.45, 7) is 4.57. The molecule has 2 amide bonds. The first-order valence-corrected chi connectivity index (χ1v) is 11.8. The first kappa shape index (κ1) is 21.6. The van der Waals surface area contributed by atoms with Crippen LogP contribution in [-0.2, 0) is 16.1 Å². The van der Waals surface area contributed by atoms with Crippen LogP contribution in [0.25, 0.3) is 0 Å². The second kappa shape index (κ2) is 8.97. The van der Waals surface area contributed by atoms with Crippen LogP contribution in [0.15, 0.2) is 48.5 Å². The van der Waals surface area contributed by atoms with Gasteiger partial charge in [-0.15, -0.1) is 0 Å². The molecule has 2 fully saturated rings. The molecule has 3 aliphatic rings. The molecule has 170 valence electrons. The molecule has 0 bridgehead atoms. The molecule has 1 aliphatic carbocycles. The molecule has 7 nitrogen and oxygen atoms in total. The Kier molecular flexibility index (Phi) is 5.88. The second-order valence-electron chi connectivity index (χ2n) is 9.30. The Balaban J connectivity index is 1.25. The molecule has 7 heteroatoms. The summed E-state index contributed by atoms with van der Waals surface area (Å²) in [6, 6.07) is 17.5. The first-order valence-electron chi connectivity index (χ1n) is 11.8. The van der Waals surface area contributed by atoms with E-state index >= 15 is 0 Å². The Morgan fingerprint density at radius 3 is 2.33 bits per heavy atom. The average Bonchev–Trinajstić information content (AvgIpc) is 3.32. The zero-order valence-electron chi connectivity index (χ0n) is 18.8. The summed E-state index contributed by atoms with van der Waals surface area (Å²) in [6.07, 6.45) is 3.37. The number of hydrogen-bond donors (Lipinski definition) is 1. The quantitative estimate of drug-likeness (QED) is 0.786. The summed E-state index contributed by atoms with van der Waals surface area (Å²) in [4.78, 5) is 33.1. The molecule has 0 aromatic heterocycles. The van der Waals surface area contributed by atoms with Gasteiger partial charge in [-0.1, -0.05) is 37.1 Å². The fraction of sp³-hybridized carbons (Fsp3) is 0.423. The van der Waals surface area contributed by atoms with Gasteiger partial charge >= 0.3 is 0 Å². The molecule has 0 unspecified atom stereocenters. The third kappa shape index (κ3) is 4.12. The van der Waals surface area contributed by atoms with Crippen molar-refractivity contribution in [2.24, 2.45) is 0 Å². The number of para-hydroxylation sites is 2. The van der Waals surface area contributed by atoms with Gasteiger partial charge < -0.3 is 5.32 Å². The number of piperazine rings is 1. The highest BCUT2D eigenvalue weighted by molar-refractivity contribution is 6.15. The number of carbonyl (C=O) groups is 2. The van der Waals surface area contributed by atoms with E-state index < -0.39 is 5.54 Å². The Hall–Kier alpha value is -3.21. The SMILES string of the molecule is N#Cc1ccc(CN2CCN(CC(=O)N3c4ccccc4NC(=O)C34CCCC4)CC2)cc1.